The molecule has 144 valence electrons. The Balaban J connectivity index is 2.16. The van der Waals surface area contributed by atoms with Crippen LogP contribution in [0.1, 0.15) is 35.3 Å². The van der Waals surface area contributed by atoms with Gasteiger partial charge >= 0.3 is 5.97 Å². The van der Waals surface area contributed by atoms with Crippen LogP contribution in [0, 0.1) is 0 Å². The molecule has 1 aromatic carbocycles. The zero-order valence-electron chi connectivity index (χ0n) is 15.1. The lowest BCUT2D eigenvalue weighted by molar-refractivity contribution is -0.143. The molecule has 1 aromatic heterocycles. The Hall–Kier alpha value is -3.13. The minimum absolute atomic E-state index is 0.0519. The highest BCUT2D eigenvalue weighted by molar-refractivity contribution is 5.97. The number of rotatable bonds is 9. The van der Waals surface area contributed by atoms with E-state index in [9.17, 15) is 14.7 Å². The Labute approximate surface area is 157 Å². The van der Waals surface area contributed by atoms with E-state index in [1.165, 1.54) is 12.1 Å². The van der Waals surface area contributed by atoms with Gasteiger partial charge in [-0.3, -0.25) is 14.6 Å². The third-order valence-corrected chi connectivity index (χ3v) is 3.67. The molecule has 2 aromatic rings. The molecule has 1 amide bonds. The van der Waals surface area contributed by atoms with E-state index >= 15 is 0 Å². The van der Waals surface area contributed by atoms with Gasteiger partial charge in [-0.05, 0) is 30.7 Å². The maximum atomic E-state index is 12.6. The summed E-state index contributed by atoms with van der Waals surface area (Å²) in [4.78, 5) is 28.5. The summed E-state index contributed by atoms with van der Waals surface area (Å²) in [5.41, 5.74) is 6.09. The van der Waals surface area contributed by atoms with Crippen molar-refractivity contribution >= 4 is 11.9 Å². The molecular weight excluding hydrogens is 350 g/mol. The topological polar surface area (TPSA) is 124 Å². The number of nitrogens with one attached hydrogen (secondary N) is 1. The lowest BCUT2D eigenvalue weighted by Gasteiger charge is -2.18. The Bertz CT molecular complexity index is 767. The number of esters is 1. The van der Waals surface area contributed by atoms with E-state index < -0.39 is 17.9 Å². The first-order valence-corrected chi connectivity index (χ1v) is 8.57. The fourth-order valence-corrected chi connectivity index (χ4v) is 2.43. The molecule has 0 aliphatic rings. The van der Waals surface area contributed by atoms with Crippen molar-refractivity contribution in [3.63, 3.8) is 0 Å². The molecule has 0 aliphatic carbocycles. The van der Waals surface area contributed by atoms with Crippen molar-refractivity contribution in [2.24, 2.45) is 5.73 Å². The van der Waals surface area contributed by atoms with Crippen LogP contribution in [-0.4, -0.2) is 41.7 Å². The first-order chi connectivity index (χ1) is 13.0. The molecule has 1 atom stereocenters. The van der Waals surface area contributed by atoms with E-state index in [0.717, 1.165) is 0 Å². The van der Waals surface area contributed by atoms with Crippen LogP contribution in [0.2, 0.25) is 0 Å². The van der Waals surface area contributed by atoms with Gasteiger partial charge in [0, 0.05) is 25.0 Å². The van der Waals surface area contributed by atoms with Crippen molar-refractivity contribution in [1.29, 1.82) is 0 Å². The molecule has 1 unspecified atom stereocenters. The third kappa shape index (κ3) is 5.96. The second-order valence-corrected chi connectivity index (χ2v) is 5.64. The quantitative estimate of drug-likeness (QED) is 0.570. The summed E-state index contributed by atoms with van der Waals surface area (Å²) in [6.07, 6.45) is 3.11. The fourth-order valence-electron chi connectivity index (χ4n) is 2.43. The van der Waals surface area contributed by atoms with Gasteiger partial charge in [-0.25, -0.2) is 0 Å². The van der Waals surface area contributed by atoms with Crippen LogP contribution in [0.4, 0.5) is 0 Å². The summed E-state index contributed by atoms with van der Waals surface area (Å²) >= 11 is 0. The van der Waals surface area contributed by atoms with Gasteiger partial charge in [-0.15, -0.1) is 0 Å². The normalized spacial score (nSPS) is 11.5. The number of amides is 1. The zero-order chi connectivity index (χ0) is 19.6. The number of hydrogen-bond acceptors (Lipinski definition) is 7. The second-order valence-electron chi connectivity index (χ2n) is 5.64. The Morgan fingerprint density at radius 2 is 2.15 bits per heavy atom. The van der Waals surface area contributed by atoms with E-state index in [4.69, 9.17) is 15.2 Å². The van der Waals surface area contributed by atoms with Crippen LogP contribution < -0.4 is 15.8 Å². The standard InChI is InChI=1S/C19H23N3O5/c1-2-26-18(24)11-16(13-4-3-8-21-12-13)22-19(25)15-6-5-14(10-17(15)23)27-9-7-20/h3-6,8,10,12,16,23H,2,7,9,11,20H2,1H3,(H,22,25). The number of benzene rings is 1. The van der Waals surface area contributed by atoms with Crippen molar-refractivity contribution in [3.05, 3.63) is 53.9 Å². The first-order valence-electron chi connectivity index (χ1n) is 8.57. The number of ether oxygens (including phenoxy) is 2. The lowest BCUT2D eigenvalue weighted by Crippen LogP contribution is -2.30. The van der Waals surface area contributed by atoms with Gasteiger partial charge in [0.2, 0.25) is 0 Å². The van der Waals surface area contributed by atoms with Gasteiger partial charge in [-0.2, -0.15) is 0 Å². The average molecular weight is 373 g/mol. The minimum Gasteiger partial charge on any atom is -0.507 e. The Kier molecular flexibility index (Phi) is 7.57. The highest BCUT2D eigenvalue weighted by Gasteiger charge is 2.22. The summed E-state index contributed by atoms with van der Waals surface area (Å²) in [7, 11) is 0. The molecule has 2 rings (SSSR count). The predicted octanol–water partition coefficient (Wildman–Crippen LogP) is 1.55. The van der Waals surface area contributed by atoms with E-state index in [1.807, 2.05) is 0 Å². The van der Waals surface area contributed by atoms with Crippen molar-refractivity contribution < 1.29 is 24.2 Å². The number of aromatic hydroxyl groups is 1. The Morgan fingerprint density at radius 1 is 1.33 bits per heavy atom. The molecule has 27 heavy (non-hydrogen) atoms. The number of hydrogen-bond donors (Lipinski definition) is 3. The molecule has 0 saturated carbocycles. The summed E-state index contributed by atoms with van der Waals surface area (Å²) in [5.74, 6) is -0.801. The van der Waals surface area contributed by atoms with Crippen LogP contribution in [-0.2, 0) is 9.53 Å². The largest absolute Gasteiger partial charge is 0.507 e. The highest BCUT2D eigenvalue weighted by Crippen LogP contribution is 2.25. The number of pyridine rings is 1. The van der Waals surface area contributed by atoms with Gasteiger partial charge in [-0.1, -0.05) is 6.07 Å². The number of phenols is 1. The highest BCUT2D eigenvalue weighted by atomic mass is 16.5. The predicted molar refractivity (Wildman–Crippen MR) is 98.4 cm³/mol. The molecule has 0 radical (unpaired) electrons. The van der Waals surface area contributed by atoms with Crippen LogP contribution in [0.15, 0.2) is 42.7 Å². The van der Waals surface area contributed by atoms with Crippen LogP contribution >= 0.6 is 0 Å². The van der Waals surface area contributed by atoms with E-state index in [2.05, 4.69) is 10.3 Å². The molecule has 0 spiro atoms. The van der Waals surface area contributed by atoms with Crippen molar-refractivity contribution in [1.82, 2.24) is 10.3 Å². The summed E-state index contributed by atoms with van der Waals surface area (Å²) in [6.45, 7) is 2.59. The maximum Gasteiger partial charge on any atom is 0.308 e. The summed E-state index contributed by atoms with van der Waals surface area (Å²) < 4.78 is 10.3. The molecule has 8 nitrogen and oxygen atoms in total. The number of carbonyl (C=O) groups is 2. The van der Waals surface area contributed by atoms with Crippen molar-refractivity contribution in [2.45, 2.75) is 19.4 Å². The van der Waals surface area contributed by atoms with E-state index in [0.29, 0.717) is 24.5 Å². The first kappa shape index (κ1) is 20.2. The molecule has 1 heterocycles. The number of nitrogens with two attached hydrogens (primary N) is 1. The molecule has 0 fully saturated rings. The number of aromatic nitrogens is 1. The maximum absolute atomic E-state index is 12.6. The lowest BCUT2D eigenvalue weighted by atomic mass is 10.0. The second kappa shape index (κ2) is 10.1. The minimum atomic E-state index is -0.641. The van der Waals surface area contributed by atoms with Crippen LogP contribution in [0.5, 0.6) is 11.5 Å². The zero-order valence-corrected chi connectivity index (χ0v) is 15.1. The van der Waals surface area contributed by atoms with E-state index in [1.54, 1.807) is 37.5 Å². The van der Waals surface area contributed by atoms with Gasteiger partial charge < -0.3 is 25.6 Å². The van der Waals surface area contributed by atoms with Gasteiger partial charge in [0.15, 0.2) is 0 Å². The number of phenolic OH excluding ortho intramolecular Hbond substituents is 1. The Morgan fingerprint density at radius 3 is 2.78 bits per heavy atom. The van der Waals surface area contributed by atoms with Gasteiger partial charge in [0.1, 0.15) is 18.1 Å². The molecule has 8 heteroatoms. The van der Waals surface area contributed by atoms with Gasteiger partial charge in [0.05, 0.1) is 24.6 Å². The molecule has 0 aliphatic heterocycles. The molecule has 0 bridgehead atoms. The monoisotopic (exact) mass is 373 g/mol. The van der Waals surface area contributed by atoms with Crippen LogP contribution in [0.3, 0.4) is 0 Å². The summed E-state index contributed by atoms with van der Waals surface area (Å²) in [5, 5.41) is 12.9. The molecular formula is C19H23N3O5. The molecule has 0 saturated heterocycles. The molecule has 4 N–H and O–H groups in total. The van der Waals surface area contributed by atoms with Crippen molar-refractivity contribution in [3.8, 4) is 11.5 Å². The van der Waals surface area contributed by atoms with Gasteiger partial charge in [0.25, 0.3) is 5.91 Å². The fraction of sp³-hybridized carbons (Fsp3) is 0.316. The SMILES string of the molecule is CCOC(=O)CC(NC(=O)c1ccc(OCCN)cc1O)c1cccnc1. The van der Waals surface area contributed by atoms with Crippen LogP contribution in [0.25, 0.3) is 0 Å². The smallest absolute Gasteiger partial charge is 0.308 e. The van der Waals surface area contributed by atoms with E-state index in [-0.39, 0.29) is 24.3 Å². The third-order valence-electron chi connectivity index (χ3n) is 3.67. The summed E-state index contributed by atoms with van der Waals surface area (Å²) in [6, 6.07) is 7.17. The number of nitrogens with zero attached hydrogens (tertiary/aromatic N) is 1. The van der Waals surface area contributed by atoms with Crippen molar-refractivity contribution in [2.75, 3.05) is 19.8 Å². The number of carbonyl (C=O) groups excluding carboxylic acids is 2. The average Bonchev–Trinajstić information content (AvgIpc) is 2.66.